The fourth-order valence-corrected chi connectivity index (χ4v) is 2.85. The maximum Gasteiger partial charge on any atom is 0.229 e. The topological polar surface area (TPSA) is 38.3 Å². The van der Waals surface area contributed by atoms with Crippen LogP contribution in [0.25, 0.3) is 0 Å². The largest absolute Gasteiger partial charge is 0.374 e. The Morgan fingerprint density at radius 2 is 1.90 bits per heavy atom. The van der Waals surface area contributed by atoms with Crippen molar-refractivity contribution in [2.24, 2.45) is 5.41 Å². The van der Waals surface area contributed by atoms with Gasteiger partial charge in [-0.2, -0.15) is 0 Å². The summed E-state index contributed by atoms with van der Waals surface area (Å²) in [7, 11) is 0. The van der Waals surface area contributed by atoms with Crippen LogP contribution in [0.3, 0.4) is 0 Å². The molecule has 0 spiro atoms. The lowest BCUT2D eigenvalue weighted by Gasteiger charge is -2.15. The molecule has 2 rings (SSSR count). The molecule has 0 aliphatic heterocycles. The number of halogens is 2. The average molecular weight is 330 g/mol. The standard InChI is InChI=1S/C16H21Cl2NO2/c1-11(2)21-9-13-7-5-4-6-12(13)8-19-14(20)15(3)10-16(15,17)18/h4-7,11H,8-10H2,1-3H3,(H,19,20). The highest BCUT2D eigenvalue weighted by Crippen LogP contribution is 2.63. The predicted molar refractivity (Wildman–Crippen MR) is 85.4 cm³/mol. The van der Waals surface area contributed by atoms with Crippen molar-refractivity contribution in [3.8, 4) is 0 Å². The van der Waals surface area contributed by atoms with Crippen LogP contribution in [0.5, 0.6) is 0 Å². The van der Waals surface area contributed by atoms with Gasteiger partial charge in [-0.3, -0.25) is 4.79 Å². The van der Waals surface area contributed by atoms with Gasteiger partial charge in [-0.05, 0) is 38.3 Å². The molecule has 21 heavy (non-hydrogen) atoms. The van der Waals surface area contributed by atoms with E-state index in [0.29, 0.717) is 19.6 Å². The zero-order valence-corrected chi connectivity index (χ0v) is 14.1. The zero-order valence-electron chi connectivity index (χ0n) is 12.6. The van der Waals surface area contributed by atoms with E-state index in [-0.39, 0.29) is 12.0 Å². The molecule has 1 aliphatic rings. The number of carbonyl (C=O) groups is 1. The summed E-state index contributed by atoms with van der Waals surface area (Å²) >= 11 is 12.1. The Morgan fingerprint density at radius 3 is 2.43 bits per heavy atom. The Hall–Kier alpha value is -0.770. The van der Waals surface area contributed by atoms with E-state index in [4.69, 9.17) is 27.9 Å². The summed E-state index contributed by atoms with van der Waals surface area (Å²) in [5, 5.41) is 2.92. The fourth-order valence-electron chi connectivity index (χ4n) is 2.14. The van der Waals surface area contributed by atoms with Crippen molar-refractivity contribution >= 4 is 29.1 Å². The van der Waals surface area contributed by atoms with Gasteiger partial charge in [0.15, 0.2) is 0 Å². The number of nitrogens with one attached hydrogen (secondary N) is 1. The molecule has 1 saturated carbocycles. The van der Waals surface area contributed by atoms with Crippen LogP contribution in [0.4, 0.5) is 0 Å². The van der Waals surface area contributed by atoms with E-state index in [1.54, 1.807) is 6.92 Å². The third-order valence-electron chi connectivity index (χ3n) is 3.89. The van der Waals surface area contributed by atoms with Crippen LogP contribution in [-0.4, -0.2) is 16.3 Å². The minimum absolute atomic E-state index is 0.105. The molecule has 1 unspecified atom stereocenters. The Bertz CT molecular complexity index is 531. The molecule has 1 atom stereocenters. The lowest BCUT2D eigenvalue weighted by Crippen LogP contribution is -2.33. The summed E-state index contributed by atoms with van der Waals surface area (Å²) in [5.74, 6) is -0.105. The van der Waals surface area contributed by atoms with Gasteiger partial charge in [0.05, 0.1) is 18.1 Å². The summed E-state index contributed by atoms with van der Waals surface area (Å²) in [5.41, 5.74) is 1.44. The van der Waals surface area contributed by atoms with Gasteiger partial charge in [-0.25, -0.2) is 0 Å². The molecule has 1 aromatic carbocycles. The smallest absolute Gasteiger partial charge is 0.229 e. The second-order valence-corrected chi connectivity index (χ2v) is 7.51. The first kappa shape index (κ1) is 16.6. The fraction of sp³-hybridized carbons (Fsp3) is 0.562. The molecule has 0 radical (unpaired) electrons. The van der Waals surface area contributed by atoms with E-state index in [9.17, 15) is 4.79 Å². The Balaban J connectivity index is 1.96. The number of hydrogen-bond donors (Lipinski definition) is 1. The van der Waals surface area contributed by atoms with E-state index in [1.807, 2.05) is 38.1 Å². The number of ether oxygens (including phenoxy) is 1. The highest BCUT2D eigenvalue weighted by Gasteiger charge is 2.67. The molecule has 0 saturated heterocycles. The summed E-state index contributed by atoms with van der Waals surface area (Å²) in [4.78, 5) is 12.2. The number of carbonyl (C=O) groups excluding carboxylic acids is 1. The van der Waals surface area contributed by atoms with Crippen molar-refractivity contribution in [1.82, 2.24) is 5.32 Å². The average Bonchev–Trinajstić information content (AvgIpc) is 2.94. The molecule has 3 nitrogen and oxygen atoms in total. The van der Waals surface area contributed by atoms with E-state index in [2.05, 4.69) is 5.32 Å². The monoisotopic (exact) mass is 329 g/mol. The Labute approximate surface area is 136 Å². The summed E-state index contributed by atoms with van der Waals surface area (Å²) < 4.78 is 4.70. The Morgan fingerprint density at radius 1 is 1.33 bits per heavy atom. The summed E-state index contributed by atoms with van der Waals surface area (Å²) in [6, 6.07) is 7.92. The summed E-state index contributed by atoms with van der Waals surface area (Å²) in [6.07, 6.45) is 0.665. The number of amides is 1. The second kappa shape index (κ2) is 6.15. The molecular formula is C16H21Cl2NO2. The third kappa shape index (κ3) is 3.71. The van der Waals surface area contributed by atoms with E-state index >= 15 is 0 Å². The first-order valence-electron chi connectivity index (χ1n) is 7.11. The maximum atomic E-state index is 12.2. The van der Waals surface area contributed by atoms with Gasteiger partial charge in [-0.1, -0.05) is 24.3 Å². The molecule has 0 heterocycles. The zero-order chi connectivity index (χ0) is 15.7. The third-order valence-corrected chi connectivity index (χ3v) is 4.99. The molecule has 1 aliphatic carbocycles. The highest BCUT2D eigenvalue weighted by molar-refractivity contribution is 6.53. The molecule has 0 bridgehead atoms. The highest BCUT2D eigenvalue weighted by atomic mass is 35.5. The Kier molecular flexibility index (Phi) is 4.86. The minimum atomic E-state index is -0.933. The maximum absolute atomic E-state index is 12.2. The van der Waals surface area contributed by atoms with Gasteiger partial charge < -0.3 is 10.1 Å². The predicted octanol–water partition coefficient (Wildman–Crippen LogP) is 3.81. The number of benzene rings is 1. The molecule has 1 fully saturated rings. The number of rotatable bonds is 6. The SMILES string of the molecule is CC(C)OCc1ccccc1CNC(=O)C1(C)CC1(Cl)Cl. The molecule has 1 N–H and O–H groups in total. The van der Waals surface area contributed by atoms with Crippen LogP contribution < -0.4 is 5.32 Å². The molecule has 5 heteroatoms. The lowest BCUT2D eigenvalue weighted by molar-refractivity contribution is -0.125. The van der Waals surface area contributed by atoms with E-state index in [1.165, 1.54) is 0 Å². The van der Waals surface area contributed by atoms with Crippen LogP contribution in [0.1, 0.15) is 38.3 Å². The van der Waals surface area contributed by atoms with Crippen molar-refractivity contribution in [3.63, 3.8) is 0 Å². The normalized spacial score (nSPS) is 23.1. The molecular weight excluding hydrogens is 309 g/mol. The lowest BCUT2D eigenvalue weighted by atomic mass is 10.1. The van der Waals surface area contributed by atoms with Crippen molar-refractivity contribution in [3.05, 3.63) is 35.4 Å². The minimum Gasteiger partial charge on any atom is -0.374 e. The van der Waals surface area contributed by atoms with Crippen LogP contribution >= 0.6 is 23.2 Å². The van der Waals surface area contributed by atoms with Crippen molar-refractivity contribution in [2.45, 2.75) is 50.8 Å². The van der Waals surface area contributed by atoms with Crippen molar-refractivity contribution in [2.75, 3.05) is 0 Å². The van der Waals surface area contributed by atoms with Crippen molar-refractivity contribution in [1.29, 1.82) is 0 Å². The van der Waals surface area contributed by atoms with Crippen LogP contribution in [0.2, 0.25) is 0 Å². The first-order valence-corrected chi connectivity index (χ1v) is 7.86. The van der Waals surface area contributed by atoms with E-state index < -0.39 is 9.75 Å². The second-order valence-electron chi connectivity index (χ2n) is 6.02. The van der Waals surface area contributed by atoms with Gasteiger partial charge in [0.2, 0.25) is 5.91 Å². The van der Waals surface area contributed by atoms with E-state index in [0.717, 1.165) is 11.1 Å². The van der Waals surface area contributed by atoms with Crippen LogP contribution in [0.15, 0.2) is 24.3 Å². The van der Waals surface area contributed by atoms with Gasteiger partial charge in [0, 0.05) is 6.54 Å². The van der Waals surface area contributed by atoms with Gasteiger partial charge in [0.25, 0.3) is 0 Å². The summed E-state index contributed by atoms with van der Waals surface area (Å²) in [6.45, 7) is 6.78. The van der Waals surface area contributed by atoms with Crippen LogP contribution in [0, 0.1) is 5.41 Å². The molecule has 0 aromatic heterocycles. The van der Waals surface area contributed by atoms with Gasteiger partial charge in [-0.15, -0.1) is 23.2 Å². The number of alkyl halides is 2. The molecule has 1 aromatic rings. The van der Waals surface area contributed by atoms with Gasteiger partial charge in [0.1, 0.15) is 4.33 Å². The quantitative estimate of drug-likeness (QED) is 0.806. The number of hydrogen-bond acceptors (Lipinski definition) is 2. The first-order chi connectivity index (χ1) is 9.76. The van der Waals surface area contributed by atoms with Crippen molar-refractivity contribution < 1.29 is 9.53 Å². The molecule has 116 valence electrons. The molecule has 1 amide bonds. The van der Waals surface area contributed by atoms with Crippen LogP contribution in [-0.2, 0) is 22.7 Å². The van der Waals surface area contributed by atoms with Gasteiger partial charge >= 0.3 is 0 Å².